The van der Waals surface area contributed by atoms with Gasteiger partial charge in [-0.05, 0) is 37.1 Å². The minimum Gasteiger partial charge on any atom is -0.404 e. The lowest BCUT2D eigenvalue weighted by atomic mass is 10.00. The van der Waals surface area contributed by atoms with E-state index in [0.717, 1.165) is 16.4 Å². The Morgan fingerprint density at radius 1 is 1.12 bits per heavy atom. The summed E-state index contributed by atoms with van der Waals surface area (Å²) >= 11 is 0. The Hall–Kier alpha value is -2.99. The van der Waals surface area contributed by atoms with Crippen molar-refractivity contribution in [3.05, 3.63) is 60.2 Å². The van der Waals surface area contributed by atoms with Gasteiger partial charge < -0.3 is 9.26 Å². The van der Waals surface area contributed by atoms with Gasteiger partial charge in [0.25, 0.3) is 0 Å². The van der Waals surface area contributed by atoms with Crippen molar-refractivity contribution in [1.29, 1.82) is 0 Å². The van der Waals surface area contributed by atoms with Crippen LogP contribution in [0.3, 0.4) is 0 Å². The van der Waals surface area contributed by atoms with Crippen LogP contribution in [0.15, 0.2) is 57.9 Å². The standard InChI is InChI=1S/C20H17F4N3O4S/c21-15-7-3-5-13(11-15)18-25-19(31-26-18)14-6-4-10-27(12-14)32(28,29)17-9-2-1-8-16(17)30-20(22,23)24/h1-3,5,7-9,11,14H,4,6,10,12H2/t14-/m1/s1. The first-order chi connectivity index (χ1) is 15.1. The van der Waals surface area contributed by atoms with E-state index in [-0.39, 0.29) is 24.8 Å². The van der Waals surface area contributed by atoms with Crippen LogP contribution in [0.4, 0.5) is 17.6 Å². The van der Waals surface area contributed by atoms with Gasteiger partial charge in [-0.15, -0.1) is 13.2 Å². The molecule has 0 radical (unpaired) electrons. The average molecular weight is 471 g/mol. The molecule has 1 fully saturated rings. The molecule has 0 amide bonds. The molecule has 2 heterocycles. The monoisotopic (exact) mass is 471 g/mol. The third-order valence-corrected chi connectivity index (χ3v) is 6.86. The quantitative estimate of drug-likeness (QED) is 0.515. The molecule has 0 spiro atoms. The van der Waals surface area contributed by atoms with E-state index in [9.17, 15) is 26.0 Å². The molecule has 32 heavy (non-hydrogen) atoms. The van der Waals surface area contributed by atoms with Crippen molar-refractivity contribution in [3.8, 4) is 17.1 Å². The van der Waals surface area contributed by atoms with Gasteiger partial charge in [0.15, 0.2) is 0 Å². The van der Waals surface area contributed by atoms with E-state index in [4.69, 9.17) is 4.52 Å². The van der Waals surface area contributed by atoms with Crippen LogP contribution in [0.25, 0.3) is 11.4 Å². The zero-order valence-corrected chi connectivity index (χ0v) is 17.2. The Morgan fingerprint density at radius 2 is 1.91 bits per heavy atom. The maximum atomic E-state index is 13.5. The Kier molecular flexibility index (Phi) is 5.91. The first-order valence-corrected chi connectivity index (χ1v) is 11.0. The SMILES string of the molecule is O=S(=O)(c1ccccc1OC(F)(F)F)N1CCC[C@@H](c2nc(-c3cccc(F)c3)no2)C1. The number of hydrogen-bond donors (Lipinski definition) is 0. The molecule has 170 valence electrons. The number of hydrogen-bond acceptors (Lipinski definition) is 6. The van der Waals surface area contributed by atoms with E-state index in [1.54, 1.807) is 6.07 Å². The molecule has 1 aliphatic heterocycles. The highest BCUT2D eigenvalue weighted by Crippen LogP contribution is 2.35. The Morgan fingerprint density at radius 3 is 2.66 bits per heavy atom. The van der Waals surface area contributed by atoms with Crippen LogP contribution in [0.1, 0.15) is 24.7 Å². The van der Waals surface area contributed by atoms with Gasteiger partial charge in [-0.25, -0.2) is 12.8 Å². The molecule has 1 aromatic heterocycles. The van der Waals surface area contributed by atoms with E-state index in [0.29, 0.717) is 18.4 Å². The minimum atomic E-state index is -5.03. The van der Waals surface area contributed by atoms with Gasteiger partial charge >= 0.3 is 6.36 Å². The number of para-hydroxylation sites is 1. The number of ether oxygens (including phenoxy) is 1. The van der Waals surface area contributed by atoms with Crippen LogP contribution in [-0.4, -0.2) is 42.3 Å². The maximum absolute atomic E-state index is 13.5. The van der Waals surface area contributed by atoms with Crippen molar-refractivity contribution in [3.63, 3.8) is 0 Å². The van der Waals surface area contributed by atoms with Crippen LogP contribution in [0.5, 0.6) is 5.75 Å². The number of rotatable bonds is 5. The zero-order valence-electron chi connectivity index (χ0n) is 16.4. The van der Waals surface area contributed by atoms with E-state index in [1.165, 1.54) is 30.3 Å². The van der Waals surface area contributed by atoms with Crippen LogP contribution in [-0.2, 0) is 10.0 Å². The maximum Gasteiger partial charge on any atom is 0.573 e. The Labute approximate surface area is 180 Å². The number of nitrogens with zero attached hydrogens (tertiary/aromatic N) is 3. The summed E-state index contributed by atoms with van der Waals surface area (Å²) in [4.78, 5) is 3.68. The molecule has 0 saturated carbocycles. The average Bonchev–Trinajstić information content (AvgIpc) is 3.23. The Bertz CT molecular complexity index is 1210. The summed E-state index contributed by atoms with van der Waals surface area (Å²) in [5, 5.41) is 3.84. The van der Waals surface area contributed by atoms with Gasteiger partial charge in [0.1, 0.15) is 16.5 Å². The van der Waals surface area contributed by atoms with Gasteiger partial charge in [0, 0.05) is 18.7 Å². The molecule has 7 nitrogen and oxygen atoms in total. The molecule has 3 aromatic rings. The zero-order chi connectivity index (χ0) is 22.9. The van der Waals surface area contributed by atoms with Crippen molar-refractivity contribution in [1.82, 2.24) is 14.4 Å². The summed E-state index contributed by atoms with van der Waals surface area (Å²) in [5.74, 6) is -1.41. The second kappa shape index (κ2) is 8.51. The Balaban J connectivity index is 1.57. The van der Waals surface area contributed by atoms with Crippen molar-refractivity contribution in [2.45, 2.75) is 30.0 Å². The number of piperidine rings is 1. The summed E-state index contributed by atoms with van der Waals surface area (Å²) in [6.07, 6.45) is -4.06. The first kappa shape index (κ1) is 22.2. The topological polar surface area (TPSA) is 85.5 Å². The summed E-state index contributed by atoms with van der Waals surface area (Å²) in [7, 11) is -4.29. The van der Waals surface area contributed by atoms with Crippen molar-refractivity contribution in [2.75, 3.05) is 13.1 Å². The van der Waals surface area contributed by atoms with Gasteiger partial charge in [-0.3, -0.25) is 0 Å². The molecule has 4 rings (SSSR count). The predicted molar refractivity (Wildman–Crippen MR) is 104 cm³/mol. The third-order valence-electron chi connectivity index (χ3n) is 4.95. The van der Waals surface area contributed by atoms with Gasteiger partial charge in [0.2, 0.25) is 21.7 Å². The van der Waals surface area contributed by atoms with E-state index in [1.807, 2.05) is 0 Å². The van der Waals surface area contributed by atoms with Gasteiger partial charge in [0.05, 0.1) is 5.92 Å². The van der Waals surface area contributed by atoms with Crippen molar-refractivity contribution >= 4 is 10.0 Å². The number of benzene rings is 2. The summed E-state index contributed by atoms with van der Waals surface area (Å²) in [6, 6.07) is 10.2. The van der Waals surface area contributed by atoms with E-state index < -0.39 is 38.8 Å². The fourth-order valence-corrected chi connectivity index (χ4v) is 5.16. The second-order valence-corrected chi connectivity index (χ2v) is 9.07. The molecule has 0 unspecified atom stereocenters. The second-order valence-electron chi connectivity index (χ2n) is 7.16. The molecular formula is C20H17F4N3O4S. The number of sulfonamides is 1. The first-order valence-electron chi connectivity index (χ1n) is 9.58. The fourth-order valence-electron chi connectivity index (χ4n) is 3.52. The number of halogens is 4. The molecule has 1 saturated heterocycles. The van der Waals surface area contributed by atoms with Crippen LogP contribution >= 0.6 is 0 Å². The molecule has 0 bridgehead atoms. The lowest BCUT2D eigenvalue weighted by molar-refractivity contribution is -0.275. The minimum absolute atomic E-state index is 0.0620. The summed E-state index contributed by atoms with van der Waals surface area (Å²) in [5.41, 5.74) is 0.401. The lowest BCUT2D eigenvalue weighted by Gasteiger charge is -2.30. The molecule has 0 aliphatic carbocycles. The highest BCUT2D eigenvalue weighted by atomic mass is 32.2. The highest BCUT2D eigenvalue weighted by Gasteiger charge is 2.38. The highest BCUT2D eigenvalue weighted by molar-refractivity contribution is 7.89. The number of aromatic nitrogens is 2. The largest absolute Gasteiger partial charge is 0.573 e. The van der Waals surface area contributed by atoms with Crippen LogP contribution in [0.2, 0.25) is 0 Å². The van der Waals surface area contributed by atoms with E-state index >= 15 is 0 Å². The lowest BCUT2D eigenvalue weighted by Crippen LogP contribution is -2.39. The molecule has 2 aromatic carbocycles. The molecular weight excluding hydrogens is 454 g/mol. The predicted octanol–water partition coefficient (Wildman–Crippen LogP) is 4.34. The fraction of sp³-hybridized carbons (Fsp3) is 0.300. The normalized spacial score (nSPS) is 17.9. The summed E-state index contributed by atoms with van der Waals surface area (Å²) in [6.45, 7) is 0.0531. The smallest absolute Gasteiger partial charge is 0.404 e. The van der Waals surface area contributed by atoms with Crippen LogP contribution < -0.4 is 4.74 Å². The van der Waals surface area contributed by atoms with Crippen molar-refractivity contribution < 1.29 is 35.2 Å². The van der Waals surface area contributed by atoms with Gasteiger partial charge in [-0.2, -0.15) is 9.29 Å². The number of alkyl halides is 3. The molecule has 12 heteroatoms. The molecule has 1 atom stereocenters. The van der Waals surface area contributed by atoms with E-state index in [2.05, 4.69) is 14.9 Å². The summed E-state index contributed by atoms with van der Waals surface area (Å²) < 4.78 is 88.1. The van der Waals surface area contributed by atoms with Gasteiger partial charge in [-0.1, -0.05) is 29.4 Å². The molecule has 1 aliphatic rings. The van der Waals surface area contributed by atoms with Crippen molar-refractivity contribution in [2.24, 2.45) is 0 Å². The third kappa shape index (κ3) is 4.75. The van der Waals surface area contributed by atoms with Crippen LogP contribution in [0, 0.1) is 5.82 Å². The molecule has 0 N–H and O–H groups in total.